The summed E-state index contributed by atoms with van der Waals surface area (Å²) in [6.07, 6.45) is 2.18. The van der Waals surface area contributed by atoms with Crippen LogP contribution in [0, 0.1) is 13.8 Å². The topological polar surface area (TPSA) is 12.0 Å². The maximum absolute atomic E-state index is 3.63. The second-order valence-electron chi connectivity index (χ2n) is 5.58. The van der Waals surface area contributed by atoms with Crippen molar-refractivity contribution in [2.24, 2.45) is 0 Å². The van der Waals surface area contributed by atoms with Gasteiger partial charge in [-0.15, -0.1) is 0 Å². The van der Waals surface area contributed by atoms with E-state index in [0.717, 1.165) is 19.4 Å². The van der Waals surface area contributed by atoms with Crippen LogP contribution in [0.25, 0.3) is 0 Å². The van der Waals surface area contributed by atoms with Gasteiger partial charge in [-0.25, -0.2) is 0 Å². The van der Waals surface area contributed by atoms with Gasteiger partial charge in [-0.1, -0.05) is 61.0 Å². The molecule has 0 radical (unpaired) electrons. The molecule has 0 aliphatic rings. The van der Waals surface area contributed by atoms with Crippen molar-refractivity contribution in [3.05, 3.63) is 70.8 Å². The van der Waals surface area contributed by atoms with Crippen LogP contribution in [0.5, 0.6) is 0 Å². The Morgan fingerprint density at radius 2 is 1.70 bits per heavy atom. The summed E-state index contributed by atoms with van der Waals surface area (Å²) in [5, 5.41) is 3.63. The fourth-order valence-corrected chi connectivity index (χ4v) is 2.69. The van der Waals surface area contributed by atoms with Gasteiger partial charge in [0.1, 0.15) is 0 Å². The molecule has 0 saturated carbocycles. The maximum Gasteiger partial charge on any atom is 0.0148 e. The van der Waals surface area contributed by atoms with E-state index in [1.54, 1.807) is 0 Å². The predicted molar refractivity (Wildman–Crippen MR) is 87.2 cm³/mol. The molecule has 0 amide bonds. The third-order valence-corrected chi connectivity index (χ3v) is 3.79. The third-order valence-electron chi connectivity index (χ3n) is 3.79. The van der Waals surface area contributed by atoms with Crippen LogP contribution in [-0.2, 0) is 12.8 Å². The molecule has 1 N–H and O–H groups in total. The number of nitrogens with one attached hydrogen (secondary N) is 1. The highest BCUT2D eigenvalue weighted by atomic mass is 14.9. The van der Waals surface area contributed by atoms with E-state index in [0.29, 0.717) is 6.04 Å². The minimum Gasteiger partial charge on any atom is -0.314 e. The zero-order valence-corrected chi connectivity index (χ0v) is 12.8. The molecule has 0 heterocycles. The molecule has 2 aromatic rings. The zero-order valence-electron chi connectivity index (χ0n) is 12.8. The van der Waals surface area contributed by atoms with Crippen LogP contribution in [0.2, 0.25) is 0 Å². The van der Waals surface area contributed by atoms with E-state index in [4.69, 9.17) is 0 Å². The Labute approximate surface area is 123 Å². The fraction of sp³-hybridized carbons (Fsp3) is 0.368. The number of rotatable bonds is 6. The smallest absolute Gasteiger partial charge is 0.0148 e. The lowest BCUT2D eigenvalue weighted by Gasteiger charge is -2.19. The number of hydrogen-bond donors (Lipinski definition) is 1. The average molecular weight is 267 g/mol. The first kappa shape index (κ1) is 14.8. The maximum atomic E-state index is 3.63. The molecule has 1 unspecified atom stereocenters. The molecular weight excluding hydrogens is 242 g/mol. The summed E-state index contributed by atoms with van der Waals surface area (Å²) >= 11 is 0. The van der Waals surface area contributed by atoms with E-state index in [1.165, 1.54) is 22.3 Å². The minimum atomic E-state index is 0.503. The van der Waals surface area contributed by atoms with Crippen LogP contribution in [0.4, 0.5) is 0 Å². The predicted octanol–water partition coefficient (Wildman–Crippen LogP) is 4.07. The molecule has 1 heteroatoms. The molecule has 0 fully saturated rings. The summed E-state index contributed by atoms with van der Waals surface area (Å²) in [7, 11) is 0. The van der Waals surface area contributed by atoms with Gasteiger partial charge in [-0.2, -0.15) is 0 Å². The number of hydrogen-bond acceptors (Lipinski definition) is 1. The SMILES string of the molecule is CCNC(Cc1ccccc1)Cc1cc(C)ccc1C. The van der Waals surface area contributed by atoms with Crippen molar-refractivity contribution >= 4 is 0 Å². The third kappa shape index (κ3) is 4.21. The Morgan fingerprint density at radius 3 is 2.40 bits per heavy atom. The summed E-state index contributed by atoms with van der Waals surface area (Å²) in [6.45, 7) is 7.58. The van der Waals surface area contributed by atoms with E-state index in [-0.39, 0.29) is 0 Å². The van der Waals surface area contributed by atoms with Crippen LogP contribution >= 0.6 is 0 Å². The number of benzene rings is 2. The van der Waals surface area contributed by atoms with Gasteiger partial charge < -0.3 is 5.32 Å². The largest absolute Gasteiger partial charge is 0.314 e. The van der Waals surface area contributed by atoms with Gasteiger partial charge in [0.25, 0.3) is 0 Å². The van der Waals surface area contributed by atoms with Crippen molar-refractivity contribution in [2.45, 2.75) is 39.7 Å². The second kappa shape index (κ2) is 7.25. The van der Waals surface area contributed by atoms with Gasteiger partial charge >= 0.3 is 0 Å². The van der Waals surface area contributed by atoms with E-state index >= 15 is 0 Å². The second-order valence-corrected chi connectivity index (χ2v) is 5.58. The standard InChI is InChI=1S/C19H25N/c1-4-20-19(13-17-8-6-5-7-9-17)14-18-12-15(2)10-11-16(18)3/h5-12,19-20H,4,13-14H2,1-3H3. The van der Waals surface area contributed by atoms with Crippen molar-refractivity contribution in [2.75, 3.05) is 6.54 Å². The van der Waals surface area contributed by atoms with E-state index < -0.39 is 0 Å². The van der Waals surface area contributed by atoms with Crippen molar-refractivity contribution in [1.82, 2.24) is 5.32 Å². The van der Waals surface area contributed by atoms with Gasteiger partial charge in [-0.05, 0) is 49.9 Å². The van der Waals surface area contributed by atoms with Crippen molar-refractivity contribution in [3.8, 4) is 0 Å². The van der Waals surface area contributed by atoms with E-state index in [9.17, 15) is 0 Å². The molecule has 0 aliphatic carbocycles. The molecule has 1 nitrogen and oxygen atoms in total. The lowest BCUT2D eigenvalue weighted by Crippen LogP contribution is -2.33. The van der Waals surface area contributed by atoms with Gasteiger partial charge in [0.05, 0.1) is 0 Å². The van der Waals surface area contributed by atoms with Crippen LogP contribution in [0.15, 0.2) is 48.5 Å². The molecule has 0 aliphatic heterocycles. The number of aryl methyl sites for hydroxylation is 2. The Balaban J connectivity index is 2.11. The summed E-state index contributed by atoms with van der Waals surface area (Å²) < 4.78 is 0. The molecule has 2 aromatic carbocycles. The van der Waals surface area contributed by atoms with Crippen LogP contribution in [0.1, 0.15) is 29.2 Å². The zero-order chi connectivity index (χ0) is 14.4. The Bertz CT molecular complexity index is 531. The molecule has 106 valence electrons. The Morgan fingerprint density at radius 1 is 0.950 bits per heavy atom. The molecule has 0 bridgehead atoms. The first-order chi connectivity index (χ1) is 9.69. The molecule has 20 heavy (non-hydrogen) atoms. The molecule has 1 atom stereocenters. The van der Waals surface area contributed by atoms with Gasteiger partial charge in [0, 0.05) is 6.04 Å². The summed E-state index contributed by atoms with van der Waals surface area (Å²) in [6, 6.07) is 18.0. The van der Waals surface area contributed by atoms with Gasteiger partial charge in [0.15, 0.2) is 0 Å². The van der Waals surface area contributed by atoms with Crippen LogP contribution in [0.3, 0.4) is 0 Å². The first-order valence-electron chi connectivity index (χ1n) is 7.52. The van der Waals surface area contributed by atoms with Crippen molar-refractivity contribution in [1.29, 1.82) is 0 Å². The fourth-order valence-electron chi connectivity index (χ4n) is 2.69. The number of likely N-dealkylation sites (N-methyl/N-ethyl adjacent to an activating group) is 1. The lowest BCUT2D eigenvalue weighted by molar-refractivity contribution is 0.520. The normalized spacial score (nSPS) is 12.3. The molecule has 0 aromatic heterocycles. The molecule has 2 rings (SSSR count). The van der Waals surface area contributed by atoms with Gasteiger partial charge in [-0.3, -0.25) is 0 Å². The quantitative estimate of drug-likeness (QED) is 0.832. The Kier molecular flexibility index (Phi) is 5.37. The summed E-state index contributed by atoms with van der Waals surface area (Å²) in [5.74, 6) is 0. The Hall–Kier alpha value is -1.60. The minimum absolute atomic E-state index is 0.503. The van der Waals surface area contributed by atoms with Gasteiger partial charge in [0.2, 0.25) is 0 Å². The molecular formula is C19H25N. The van der Waals surface area contributed by atoms with E-state index in [2.05, 4.69) is 74.6 Å². The van der Waals surface area contributed by atoms with Crippen molar-refractivity contribution < 1.29 is 0 Å². The monoisotopic (exact) mass is 267 g/mol. The van der Waals surface area contributed by atoms with Crippen molar-refractivity contribution in [3.63, 3.8) is 0 Å². The average Bonchev–Trinajstić information content (AvgIpc) is 2.44. The summed E-state index contributed by atoms with van der Waals surface area (Å²) in [4.78, 5) is 0. The highest BCUT2D eigenvalue weighted by Gasteiger charge is 2.11. The highest BCUT2D eigenvalue weighted by molar-refractivity contribution is 5.31. The lowest BCUT2D eigenvalue weighted by atomic mass is 9.95. The molecule has 0 saturated heterocycles. The van der Waals surface area contributed by atoms with E-state index in [1.807, 2.05) is 0 Å². The summed E-state index contributed by atoms with van der Waals surface area (Å²) in [5.41, 5.74) is 5.61. The van der Waals surface area contributed by atoms with Crippen LogP contribution in [-0.4, -0.2) is 12.6 Å². The van der Waals surface area contributed by atoms with Crippen LogP contribution < -0.4 is 5.32 Å². The molecule has 0 spiro atoms. The first-order valence-corrected chi connectivity index (χ1v) is 7.52. The highest BCUT2D eigenvalue weighted by Crippen LogP contribution is 2.15.